The van der Waals surface area contributed by atoms with Crippen LogP contribution >= 0.6 is 34.9 Å². The van der Waals surface area contributed by atoms with Gasteiger partial charge in [0.15, 0.2) is 9.50 Å². The predicted octanol–water partition coefficient (Wildman–Crippen LogP) is 3.77. The van der Waals surface area contributed by atoms with E-state index in [1.54, 1.807) is 23.1 Å². The Balaban J connectivity index is 1.53. The summed E-state index contributed by atoms with van der Waals surface area (Å²) in [6.45, 7) is 7.21. The first-order valence-corrected chi connectivity index (χ1v) is 12.4. The van der Waals surface area contributed by atoms with Crippen molar-refractivity contribution >= 4 is 57.0 Å². The zero-order valence-corrected chi connectivity index (χ0v) is 19.5. The van der Waals surface area contributed by atoms with E-state index in [9.17, 15) is 9.59 Å². The molecule has 0 aliphatic heterocycles. The van der Waals surface area contributed by atoms with Gasteiger partial charge in [-0.15, -0.1) is 21.5 Å². The average molecular weight is 465 g/mol. The molecule has 2 aromatic heterocycles. The zero-order valence-electron chi connectivity index (χ0n) is 17.0. The maximum atomic E-state index is 12.0. The number of hydrogen-bond donors (Lipinski definition) is 2. The van der Waals surface area contributed by atoms with E-state index < -0.39 is 6.03 Å². The minimum Gasteiger partial charge on any atom is -0.338 e. The molecule has 0 atom stereocenters. The number of rotatable bonds is 9. The number of carbonyl (C=O) groups excluding carboxylic acids is 2. The normalized spacial score (nSPS) is 11.2. The van der Waals surface area contributed by atoms with Crippen molar-refractivity contribution in [2.24, 2.45) is 5.92 Å². The fourth-order valence-corrected chi connectivity index (χ4v) is 5.35. The number of benzene rings is 1. The van der Waals surface area contributed by atoms with Gasteiger partial charge in [0, 0.05) is 13.1 Å². The second-order valence-corrected chi connectivity index (χ2v) is 10.0. The van der Waals surface area contributed by atoms with E-state index in [4.69, 9.17) is 0 Å². The number of thiazole rings is 1. The Morgan fingerprint density at radius 1 is 1.20 bits per heavy atom. The van der Waals surface area contributed by atoms with E-state index in [2.05, 4.69) is 31.9 Å². The largest absolute Gasteiger partial charge is 0.338 e. The molecule has 0 saturated carbocycles. The second-order valence-electron chi connectivity index (χ2n) is 6.82. The lowest BCUT2D eigenvalue weighted by molar-refractivity contribution is -0.117. The van der Waals surface area contributed by atoms with Gasteiger partial charge in [0.1, 0.15) is 5.82 Å². The van der Waals surface area contributed by atoms with Crippen molar-refractivity contribution in [3.63, 3.8) is 0 Å². The molecule has 0 aliphatic carbocycles. The summed E-state index contributed by atoms with van der Waals surface area (Å²) in [5.41, 5.74) is 1.00. The number of aromatic nitrogens is 4. The Hall–Kier alpha value is -2.11. The highest BCUT2D eigenvalue weighted by Gasteiger charge is 2.15. The third kappa shape index (κ3) is 6.19. The van der Waals surface area contributed by atoms with E-state index >= 15 is 0 Å². The summed E-state index contributed by atoms with van der Waals surface area (Å²) >= 11 is 4.55. The molecule has 160 valence electrons. The Labute approximate surface area is 187 Å². The number of para-hydroxylation sites is 1. The average Bonchev–Trinajstić information content (AvgIpc) is 3.31. The minimum absolute atomic E-state index is 0.0955. The third-order valence-electron chi connectivity index (χ3n) is 3.96. The Morgan fingerprint density at radius 3 is 2.73 bits per heavy atom. The molecule has 2 heterocycles. The Bertz CT molecular complexity index is 984. The van der Waals surface area contributed by atoms with Gasteiger partial charge in [-0.25, -0.2) is 9.78 Å². The first-order chi connectivity index (χ1) is 14.5. The number of thioether (sulfide) groups is 2. The fraction of sp³-hybridized carbons (Fsp3) is 0.421. The summed E-state index contributed by atoms with van der Waals surface area (Å²) in [6.07, 6.45) is 0. The predicted molar refractivity (Wildman–Crippen MR) is 122 cm³/mol. The Morgan fingerprint density at radius 2 is 2.00 bits per heavy atom. The summed E-state index contributed by atoms with van der Waals surface area (Å²) < 4.78 is 4.14. The van der Waals surface area contributed by atoms with E-state index in [0.29, 0.717) is 29.9 Å². The van der Waals surface area contributed by atoms with Gasteiger partial charge in [-0.3, -0.25) is 10.1 Å². The van der Waals surface area contributed by atoms with Crippen molar-refractivity contribution in [1.82, 2.24) is 30.4 Å². The van der Waals surface area contributed by atoms with Crippen LogP contribution in [-0.2, 0) is 17.1 Å². The number of fused-ring (bicyclic) bond motifs is 1. The molecule has 11 heteroatoms. The number of nitrogens with one attached hydrogen (secondary N) is 2. The molecule has 0 saturated heterocycles. The van der Waals surface area contributed by atoms with Gasteiger partial charge in [-0.1, -0.05) is 49.5 Å². The van der Waals surface area contributed by atoms with E-state index in [0.717, 1.165) is 20.4 Å². The van der Waals surface area contributed by atoms with Crippen LogP contribution in [0, 0.1) is 5.92 Å². The monoisotopic (exact) mass is 464 g/mol. The highest BCUT2D eigenvalue weighted by molar-refractivity contribution is 8.00. The minimum atomic E-state index is -0.473. The molecule has 8 nitrogen and oxygen atoms in total. The zero-order chi connectivity index (χ0) is 21.5. The maximum absolute atomic E-state index is 12.0. The van der Waals surface area contributed by atoms with Crippen molar-refractivity contribution in [2.75, 3.05) is 12.3 Å². The topological polar surface area (TPSA) is 102 Å². The standard InChI is InChI=1S/C19H24N6O2S3/c1-4-25-15(10-29-19-21-13-7-5-6-8-14(13)30-19)23-24-18(25)28-11-16(26)22-17(27)20-9-12(2)3/h5-8,12H,4,9-11H2,1-3H3,(H2,20,22,26,27). The SMILES string of the molecule is CCn1c(CSc2nc3ccccc3s2)nnc1SCC(=O)NC(=O)NCC(C)C. The molecule has 0 radical (unpaired) electrons. The van der Waals surface area contributed by atoms with Crippen molar-refractivity contribution in [1.29, 1.82) is 0 Å². The molecule has 2 N–H and O–H groups in total. The molecule has 0 bridgehead atoms. The molecular formula is C19H24N6O2S3. The first-order valence-electron chi connectivity index (χ1n) is 9.57. The van der Waals surface area contributed by atoms with Crippen LogP contribution < -0.4 is 10.6 Å². The maximum Gasteiger partial charge on any atom is 0.321 e. The molecule has 3 rings (SSSR count). The number of hydrogen-bond acceptors (Lipinski definition) is 8. The molecule has 0 fully saturated rings. The van der Waals surface area contributed by atoms with Crippen LogP contribution in [0.1, 0.15) is 26.6 Å². The summed E-state index contributed by atoms with van der Waals surface area (Å²) in [4.78, 5) is 28.3. The van der Waals surface area contributed by atoms with Gasteiger partial charge in [0.25, 0.3) is 0 Å². The van der Waals surface area contributed by atoms with Crippen LogP contribution in [0.15, 0.2) is 33.8 Å². The molecule has 0 spiro atoms. The summed E-state index contributed by atoms with van der Waals surface area (Å²) in [5.74, 6) is 1.53. The summed E-state index contributed by atoms with van der Waals surface area (Å²) in [5, 5.41) is 14.2. The van der Waals surface area contributed by atoms with Crippen molar-refractivity contribution in [3.8, 4) is 0 Å². The first kappa shape index (κ1) is 22.6. The summed E-state index contributed by atoms with van der Waals surface area (Å²) in [6, 6.07) is 7.59. The van der Waals surface area contributed by atoms with E-state index in [1.807, 2.05) is 43.5 Å². The quantitative estimate of drug-likeness (QED) is 0.465. The van der Waals surface area contributed by atoms with Crippen LogP contribution in [0.2, 0.25) is 0 Å². The van der Waals surface area contributed by atoms with Gasteiger partial charge < -0.3 is 9.88 Å². The second kappa shape index (κ2) is 10.8. The molecule has 30 heavy (non-hydrogen) atoms. The van der Waals surface area contributed by atoms with Crippen LogP contribution in [-0.4, -0.2) is 44.0 Å². The summed E-state index contributed by atoms with van der Waals surface area (Å²) in [7, 11) is 0. The van der Waals surface area contributed by atoms with Gasteiger partial charge in [0.05, 0.1) is 21.7 Å². The number of amides is 3. The lowest BCUT2D eigenvalue weighted by Gasteiger charge is -2.09. The Kier molecular flexibility index (Phi) is 8.11. The van der Waals surface area contributed by atoms with Gasteiger partial charge in [-0.2, -0.15) is 0 Å². The van der Waals surface area contributed by atoms with Crippen molar-refractivity contribution < 1.29 is 9.59 Å². The lowest BCUT2D eigenvalue weighted by atomic mass is 10.2. The highest BCUT2D eigenvalue weighted by atomic mass is 32.2. The van der Waals surface area contributed by atoms with E-state index in [-0.39, 0.29) is 11.7 Å². The molecule has 3 amide bonds. The fourth-order valence-electron chi connectivity index (χ4n) is 2.52. The smallest absolute Gasteiger partial charge is 0.321 e. The van der Waals surface area contributed by atoms with Gasteiger partial charge in [-0.05, 0) is 25.0 Å². The van der Waals surface area contributed by atoms with Crippen molar-refractivity contribution in [3.05, 3.63) is 30.1 Å². The molecule has 0 unspecified atom stereocenters. The third-order valence-corrected chi connectivity index (χ3v) is 7.11. The van der Waals surface area contributed by atoms with Crippen LogP contribution in [0.3, 0.4) is 0 Å². The van der Waals surface area contributed by atoms with Crippen molar-refractivity contribution in [2.45, 2.75) is 42.6 Å². The van der Waals surface area contributed by atoms with Crippen LogP contribution in [0.5, 0.6) is 0 Å². The number of urea groups is 1. The van der Waals surface area contributed by atoms with Gasteiger partial charge in [0.2, 0.25) is 5.91 Å². The van der Waals surface area contributed by atoms with E-state index in [1.165, 1.54) is 11.8 Å². The number of imide groups is 1. The molecular weight excluding hydrogens is 440 g/mol. The van der Waals surface area contributed by atoms with Crippen LogP contribution in [0.25, 0.3) is 10.2 Å². The highest BCUT2D eigenvalue weighted by Crippen LogP contribution is 2.31. The van der Waals surface area contributed by atoms with Gasteiger partial charge >= 0.3 is 6.03 Å². The molecule has 1 aromatic carbocycles. The number of carbonyl (C=O) groups is 2. The molecule has 3 aromatic rings. The van der Waals surface area contributed by atoms with Crippen LogP contribution in [0.4, 0.5) is 4.79 Å². The number of nitrogens with zero attached hydrogens (tertiary/aromatic N) is 4. The molecule has 0 aliphatic rings. The lowest BCUT2D eigenvalue weighted by Crippen LogP contribution is -2.41.